The highest BCUT2D eigenvalue weighted by atomic mass is 35.5. The number of aryl methyl sites for hydroxylation is 2. The summed E-state index contributed by atoms with van der Waals surface area (Å²) in [7, 11) is 0. The van der Waals surface area contributed by atoms with E-state index in [-0.39, 0.29) is 5.91 Å². The van der Waals surface area contributed by atoms with Crippen molar-refractivity contribution in [1.82, 2.24) is 0 Å². The van der Waals surface area contributed by atoms with Crippen LogP contribution in [0.1, 0.15) is 30.0 Å². The molecule has 0 aliphatic rings. The number of carbonyl (C=O) groups is 1. The van der Waals surface area contributed by atoms with Crippen LogP contribution in [-0.2, 0) is 4.79 Å². The third kappa shape index (κ3) is 5.14. The van der Waals surface area contributed by atoms with Gasteiger partial charge in [-0.15, -0.1) is 0 Å². The number of carbonyl (C=O) groups excluding carboxylic acids is 1. The summed E-state index contributed by atoms with van der Waals surface area (Å²) in [5, 5.41) is 3.38. The molecule has 1 N–H and O–H groups in total. The Morgan fingerprint density at radius 2 is 1.92 bits per heavy atom. The number of rotatable bonds is 6. The summed E-state index contributed by atoms with van der Waals surface area (Å²) in [4.78, 5) is 12.1. The molecule has 0 spiro atoms. The van der Waals surface area contributed by atoms with Crippen molar-refractivity contribution in [3.63, 3.8) is 0 Å². The minimum atomic E-state index is -0.213. The normalized spacial score (nSPS) is 10.8. The Bertz CT molecular complexity index is 713. The van der Waals surface area contributed by atoms with Crippen LogP contribution in [0.3, 0.4) is 0 Å². The number of halogens is 1. The molecular formula is C20H22ClNO2. The first-order valence-electron chi connectivity index (χ1n) is 7.98. The Hall–Kier alpha value is -2.26. The van der Waals surface area contributed by atoms with Gasteiger partial charge in [-0.2, -0.15) is 0 Å². The van der Waals surface area contributed by atoms with Gasteiger partial charge in [0.1, 0.15) is 5.75 Å². The molecule has 1 amide bonds. The molecule has 2 aromatic carbocycles. The van der Waals surface area contributed by atoms with Gasteiger partial charge in [-0.1, -0.05) is 36.7 Å². The van der Waals surface area contributed by atoms with Crippen molar-refractivity contribution < 1.29 is 9.53 Å². The first-order valence-corrected chi connectivity index (χ1v) is 8.36. The maximum Gasteiger partial charge on any atom is 0.248 e. The molecule has 0 atom stereocenters. The second-order valence-corrected chi connectivity index (χ2v) is 6.09. The van der Waals surface area contributed by atoms with E-state index in [0.717, 1.165) is 28.9 Å². The summed E-state index contributed by atoms with van der Waals surface area (Å²) in [6.45, 7) is 6.66. The van der Waals surface area contributed by atoms with Crippen molar-refractivity contribution in [2.45, 2.75) is 27.2 Å². The van der Waals surface area contributed by atoms with Gasteiger partial charge in [0.25, 0.3) is 0 Å². The number of hydrogen-bond acceptors (Lipinski definition) is 2. The fourth-order valence-corrected chi connectivity index (χ4v) is 2.67. The number of nitrogens with one attached hydrogen (secondary N) is 1. The second-order valence-electron chi connectivity index (χ2n) is 5.68. The predicted molar refractivity (Wildman–Crippen MR) is 101 cm³/mol. The number of amides is 1. The third-order valence-electron chi connectivity index (χ3n) is 3.46. The molecule has 0 aliphatic carbocycles. The van der Waals surface area contributed by atoms with Crippen LogP contribution in [0.4, 0.5) is 5.69 Å². The quantitative estimate of drug-likeness (QED) is 0.713. The fraction of sp³-hybridized carbons (Fsp3) is 0.250. The Labute approximate surface area is 148 Å². The first kappa shape index (κ1) is 18.1. The van der Waals surface area contributed by atoms with Gasteiger partial charge in [-0.3, -0.25) is 4.79 Å². The molecule has 0 bridgehead atoms. The maximum absolute atomic E-state index is 12.1. The average molecular weight is 344 g/mol. The highest BCUT2D eigenvalue weighted by Gasteiger charge is 2.07. The molecule has 2 aromatic rings. The summed E-state index contributed by atoms with van der Waals surface area (Å²) in [6.07, 6.45) is 4.23. The highest BCUT2D eigenvalue weighted by molar-refractivity contribution is 6.34. The molecule has 0 unspecified atom stereocenters. The van der Waals surface area contributed by atoms with Gasteiger partial charge in [0, 0.05) is 6.08 Å². The van der Waals surface area contributed by atoms with Crippen LogP contribution in [0.15, 0.2) is 42.5 Å². The van der Waals surface area contributed by atoms with E-state index in [1.54, 1.807) is 6.08 Å². The molecule has 0 aromatic heterocycles. The van der Waals surface area contributed by atoms with Gasteiger partial charge >= 0.3 is 0 Å². The van der Waals surface area contributed by atoms with Crippen LogP contribution in [0.2, 0.25) is 5.02 Å². The minimum absolute atomic E-state index is 0.213. The van der Waals surface area contributed by atoms with Crippen molar-refractivity contribution in [2.75, 3.05) is 11.9 Å². The highest BCUT2D eigenvalue weighted by Crippen LogP contribution is 2.27. The summed E-state index contributed by atoms with van der Waals surface area (Å²) in [5.74, 6) is 0.621. The van der Waals surface area contributed by atoms with Gasteiger partial charge < -0.3 is 10.1 Å². The standard InChI is InChI=1S/C20H22ClNO2/c1-4-11-24-17-8-5-16(6-9-17)7-10-19(23)22-20-15(3)12-14(2)13-18(20)21/h5-10,12-13H,4,11H2,1-3H3,(H,22,23)/b10-7+. The van der Waals surface area contributed by atoms with Crippen molar-refractivity contribution in [1.29, 1.82) is 0 Å². The van der Waals surface area contributed by atoms with Crippen LogP contribution in [0.5, 0.6) is 5.75 Å². The molecule has 0 aliphatic heterocycles. The molecule has 0 radical (unpaired) electrons. The van der Waals surface area contributed by atoms with Crippen LogP contribution in [0, 0.1) is 13.8 Å². The molecule has 2 rings (SSSR count). The van der Waals surface area contributed by atoms with Gasteiger partial charge in [0.2, 0.25) is 5.91 Å². The van der Waals surface area contributed by atoms with Gasteiger partial charge in [-0.25, -0.2) is 0 Å². The van der Waals surface area contributed by atoms with E-state index < -0.39 is 0 Å². The molecule has 24 heavy (non-hydrogen) atoms. The van der Waals surface area contributed by atoms with Crippen molar-refractivity contribution >= 4 is 29.3 Å². The van der Waals surface area contributed by atoms with E-state index in [2.05, 4.69) is 12.2 Å². The topological polar surface area (TPSA) is 38.3 Å². The lowest BCUT2D eigenvalue weighted by Crippen LogP contribution is -2.09. The lowest BCUT2D eigenvalue weighted by molar-refractivity contribution is -0.111. The van der Waals surface area contributed by atoms with Crippen LogP contribution in [-0.4, -0.2) is 12.5 Å². The van der Waals surface area contributed by atoms with Crippen molar-refractivity contribution in [3.05, 3.63) is 64.2 Å². The first-order chi connectivity index (χ1) is 11.5. The zero-order valence-corrected chi connectivity index (χ0v) is 15.0. The van der Waals surface area contributed by atoms with E-state index in [1.165, 1.54) is 6.08 Å². The number of hydrogen-bond donors (Lipinski definition) is 1. The Morgan fingerprint density at radius 1 is 1.21 bits per heavy atom. The summed E-state index contributed by atoms with van der Waals surface area (Å²) in [6, 6.07) is 11.4. The summed E-state index contributed by atoms with van der Waals surface area (Å²) < 4.78 is 5.53. The molecule has 3 nitrogen and oxygen atoms in total. The SMILES string of the molecule is CCCOc1ccc(/C=C/C(=O)Nc2c(C)cc(C)cc2Cl)cc1. The Kier molecular flexibility index (Phi) is 6.44. The third-order valence-corrected chi connectivity index (χ3v) is 3.76. The van der Waals surface area contributed by atoms with Gasteiger partial charge in [0.15, 0.2) is 0 Å². The van der Waals surface area contributed by atoms with Crippen LogP contribution >= 0.6 is 11.6 Å². The van der Waals surface area contributed by atoms with Gasteiger partial charge in [0.05, 0.1) is 17.3 Å². The predicted octanol–water partition coefficient (Wildman–Crippen LogP) is 5.40. The molecule has 0 saturated heterocycles. The van der Waals surface area contributed by atoms with E-state index in [4.69, 9.17) is 16.3 Å². The number of ether oxygens (including phenoxy) is 1. The zero-order chi connectivity index (χ0) is 17.5. The van der Waals surface area contributed by atoms with Gasteiger partial charge in [-0.05, 0) is 61.2 Å². The van der Waals surface area contributed by atoms with E-state index in [9.17, 15) is 4.79 Å². The van der Waals surface area contributed by atoms with Crippen molar-refractivity contribution in [2.24, 2.45) is 0 Å². The lowest BCUT2D eigenvalue weighted by atomic mass is 10.1. The maximum atomic E-state index is 12.1. The second kappa shape index (κ2) is 8.55. The number of anilines is 1. The van der Waals surface area contributed by atoms with Crippen molar-refractivity contribution in [3.8, 4) is 5.75 Å². The lowest BCUT2D eigenvalue weighted by Gasteiger charge is -2.10. The monoisotopic (exact) mass is 343 g/mol. The largest absolute Gasteiger partial charge is 0.494 e. The van der Waals surface area contributed by atoms with Crippen LogP contribution in [0.25, 0.3) is 6.08 Å². The molecule has 0 saturated carbocycles. The molecular weight excluding hydrogens is 322 g/mol. The van der Waals surface area contributed by atoms with E-state index >= 15 is 0 Å². The van der Waals surface area contributed by atoms with E-state index in [1.807, 2.05) is 50.2 Å². The molecule has 0 fully saturated rings. The fourth-order valence-electron chi connectivity index (χ4n) is 2.31. The van der Waals surface area contributed by atoms with Crippen LogP contribution < -0.4 is 10.1 Å². The number of benzene rings is 2. The Balaban J connectivity index is 2.00. The zero-order valence-electron chi connectivity index (χ0n) is 14.2. The Morgan fingerprint density at radius 3 is 2.54 bits per heavy atom. The smallest absolute Gasteiger partial charge is 0.248 e. The van der Waals surface area contributed by atoms with E-state index in [0.29, 0.717) is 17.3 Å². The summed E-state index contributed by atoms with van der Waals surface area (Å²) in [5.41, 5.74) is 3.59. The average Bonchev–Trinajstić information content (AvgIpc) is 2.55. The summed E-state index contributed by atoms with van der Waals surface area (Å²) >= 11 is 6.20. The molecule has 4 heteroatoms. The minimum Gasteiger partial charge on any atom is -0.494 e. The molecule has 0 heterocycles. The molecule has 126 valence electrons.